The molecule has 2 aliphatic heterocycles. The molecular weight excluding hydrogens is 390 g/mol. The molecule has 1 aliphatic carbocycles. The van der Waals surface area contributed by atoms with Crippen LogP contribution in [0.1, 0.15) is 19.3 Å². The molecule has 1 aromatic heterocycles. The second kappa shape index (κ2) is 4.16. The van der Waals surface area contributed by atoms with Gasteiger partial charge in [0.05, 0.1) is 0 Å². The van der Waals surface area contributed by atoms with Crippen LogP contribution in [-0.2, 0) is 0 Å². The molecule has 0 N–H and O–H groups in total. The third-order valence-electron chi connectivity index (χ3n) is 2.53. The van der Waals surface area contributed by atoms with Gasteiger partial charge in [0, 0.05) is 0 Å². The normalized spacial score (nSPS) is 23.2. The Labute approximate surface area is 119 Å². The third-order valence-corrected chi connectivity index (χ3v) is 13.8. The fraction of sp³-hybridized carbons (Fsp3) is 0.333. The number of fused-ring (bicyclic) bond motifs is 1. The van der Waals surface area contributed by atoms with Crippen molar-refractivity contribution >= 4 is 65.2 Å². The molecule has 0 bridgehead atoms. The SMILES string of the molecule is C1CC2=C(C1)[Se]C(=C1Sc3nsnc3S1)[Se]2. The molecule has 0 unspecified atom stereocenters. The van der Waals surface area contributed by atoms with Gasteiger partial charge in [0.1, 0.15) is 0 Å². The monoisotopic (exact) mass is 398 g/mol. The predicted molar refractivity (Wildman–Crippen MR) is 71.0 cm³/mol. The maximum absolute atomic E-state index is 4.33. The van der Waals surface area contributed by atoms with Crippen molar-refractivity contribution in [2.75, 3.05) is 0 Å². The van der Waals surface area contributed by atoms with Gasteiger partial charge in [0.15, 0.2) is 0 Å². The topological polar surface area (TPSA) is 25.8 Å². The molecule has 0 amide bonds. The van der Waals surface area contributed by atoms with Crippen LogP contribution >= 0.6 is 35.3 Å². The number of allylic oxidation sites excluding steroid dienone is 2. The third kappa shape index (κ3) is 1.69. The van der Waals surface area contributed by atoms with Gasteiger partial charge in [-0.3, -0.25) is 0 Å². The maximum atomic E-state index is 4.33. The van der Waals surface area contributed by atoms with Crippen molar-refractivity contribution in [2.24, 2.45) is 0 Å². The molecule has 82 valence electrons. The number of rotatable bonds is 0. The summed E-state index contributed by atoms with van der Waals surface area (Å²) in [4.78, 5) is 0. The van der Waals surface area contributed by atoms with E-state index in [-0.39, 0.29) is 0 Å². The van der Waals surface area contributed by atoms with Crippen molar-refractivity contribution in [2.45, 2.75) is 29.3 Å². The van der Waals surface area contributed by atoms with Crippen LogP contribution in [0.3, 0.4) is 0 Å². The summed E-state index contributed by atoms with van der Waals surface area (Å²) in [6.45, 7) is 0. The molecule has 0 spiro atoms. The number of nitrogens with zero attached hydrogens (tertiary/aromatic N) is 2. The fourth-order valence-electron chi connectivity index (χ4n) is 1.81. The summed E-state index contributed by atoms with van der Waals surface area (Å²) in [5, 5.41) is 2.30. The molecule has 0 atom stereocenters. The summed E-state index contributed by atoms with van der Waals surface area (Å²) in [6, 6.07) is 0. The molecule has 0 radical (unpaired) electrons. The summed E-state index contributed by atoms with van der Waals surface area (Å²) in [6.07, 6.45) is 4.20. The molecule has 0 saturated carbocycles. The summed E-state index contributed by atoms with van der Waals surface area (Å²) in [5.74, 6) is 0. The summed E-state index contributed by atoms with van der Waals surface area (Å²) in [5.41, 5.74) is 0. The van der Waals surface area contributed by atoms with Gasteiger partial charge in [-0.25, -0.2) is 0 Å². The molecule has 2 nitrogen and oxygen atoms in total. The van der Waals surface area contributed by atoms with E-state index in [1.807, 2.05) is 32.5 Å². The van der Waals surface area contributed by atoms with E-state index in [1.54, 1.807) is 3.37 Å². The van der Waals surface area contributed by atoms with Gasteiger partial charge >= 0.3 is 120 Å². The molecule has 1 aromatic rings. The number of thioether (sulfide) groups is 2. The Balaban J connectivity index is 1.62. The average molecular weight is 396 g/mol. The molecule has 7 heteroatoms. The minimum atomic E-state index is 0.675. The van der Waals surface area contributed by atoms with Crippen molar-refractivity contribution in [1.29, 1.82) is 0 Å². The van der Waals surface area contributed by atoms with E-state index in [4.69, 9.17) is 0 Å². The van der Waals surface area contributed by atoms with Crippen LogP contribution in [0.2, 0.25) is 0 Å². The van der Waals surface area contributed by atoms with E-state index >= 15 is 0 Å². The van der Waals surface area contributed by atoms with Crippen molar-refractivity contribution in [1.82, 2.24) is 8.75 Å². The van der Waals surface area contributed by atoms with Crippen molar-refractivity contribution < 1.29 is 0 Å². The van der Waals surface area contributed by atoms with Gasteiger partial charge < -0.3 is 0 Å². The van der Waals surface area contributed by atoms with Crippen LogP contribution in [0.25, 0.3) is 0 Å². The number of hydrogen-bond donors (Lipinski definition) is 0. The quantitative estimate of drug-likeness (QED) is 0.630. The fourth-order valence-corrected chi connectivity index (χ4v) is 13.2. The molecule has 16 heavy (non-hydrogen) atoms. The number of aromatic nitrogens is 2. The van der Waals surface area contributed by atoms with E-state index in [0.717, 1.165) is 10.1 Å². The Morgan fingerprint density at radius 3 is 2.19 bits per heavy atom. The Morgan fingerprint density at radius 1 is 0.938 bits per heavy atom. The first-order valence-electron chi connectivity index (χ1n) is 4.90. The van der Waals surface area contributed by atoms with Gasteiger partial charge in [-0.05, 0) is 0 Å². The zero-order chi connectivity index (χ0) is 10.5. The van der Waals surface area contributed by atoms with E-state index in [1.165, 1.54) is 35.2 Å². The predicted octanol–water partition coefficient (Wildman–Crippen LogP) is 2.68. The molecule has 3 aliphatic rings. The minimum absolute atomic E-state index is 0.675. The van der Waals surface area contributed by atoms with Crippen LogP contribution < -0.4 is 0 Å². The van der Waals surface area contributed by atoms with Gasteiger partial charge in [-0.1, -0.05) is 0 Å². The molecule has 0 saturated heterocycles. The zero-order valence-electron chi connectivity index (χ0n) is 8.06. The van der Waals surface area contributed by atoms with Crippen LogP contribution in [0.15, 0.2) is 26.6 Å². The first kappa shape index (κ1) is 10.7. The summed E-state index contributed by atoms with van der Waals surface area (Å²) in [7, 11) is 0. The number of hydrogen-bond acceptors (Lipinski definition) is 5. The molecule has 0 fully saturated rings. The van der Waals surface area contributed by atoms with Gasteiger partial charge in [0.2, 0.25) is 0 Å². The van der Waals surface area contributed by atoms with E-state index in [0.29, 0.717) is 29.9 Å². The van der Waals surface area contributed by atoms with E-state index < -0.39 is 0 Å². The Kier molecular flexibility index (Phi) is 2.78. The first-order chi connectivity index (χ1) is 7.90. The van der Waals surface area contributed by atoms with Gasteiger partial charge in [0.25, 0.3) is 0 Å². The van der Waals surface area contributed by atoms with Gasteiger partial charge in [-0.2, -0.15) is 0 Å². The summed E-state index contributed by atoms with van der Waals surface area (Å²) >= 11 is 6.41. The first-order valence-corrected chi connectivity index (χ1v) is 10.7. The molecule has 0 aromatic carbocycles. The van der Waals surface area contributed by atoms with Crippen molar-refractivity contribution in [3.05, 3.63) is 16.6 Å². The standard InChI is InChI=1S/C9H6N2S3Se2/c1-2-4-5(3-1)16-9(15-4)8-12-6-7(13-8)11-14-10-6/h1-3H2. The Morgan fingerprint density at radius 2 is 1.56 bits per heavy atom. The molecular formula is C9H6N2S3Se2. The Hall–Kier alpha value is 0.779. The van der Waals surface area contributed by atoms with E-state index in [9.17, 15) is 0 Å². The van der Waals surface area contributed by atoms with Crippen LogP contribution in [0, 0.1) is 0 Å². The summed E-state index contributed by atoms with van der Waals surface area (Å²) < 4.78 is 15.6. The van der Waals surface area contributed by atoms with Crippen LogP contribution in [0.5, 0.6) is 0 Å². The van der Waals surface area contributed by atoms with Crippen LogP contribution in [-0.4, -0.2) is 38.7 Å². The van der Waals surface area contributed by atoms with Crippen molar-refractivity contribution in [3.63, 3.8) is 0 Å². The van der Waals surface area contributed by atoms with E-state index in [2.05, 4.69) is 8.75 Å². The van der Waals surface area contributed by atoms with Crippen molar-refractivity contribution in [3.8, 4) is 0 Å². The zero-order valence-corrected chi connectivity index (χ0v) is 13.9. The Bertz CT molecular complexity index is 494. The average Bonchev–Trinajstić information content (AvgIpc) is 2.94. The second-order valence-corrected chi connectivity index (χ2v) is 12.3. The van der Waals surface area contributed by atoms with Gasteiger partial charge in [-0.15, -0.1) is 0 Å². The molecule has 3 heterocycles. The molecule has 4 rings (SSSR count). The van der Waals surface area contributed by atoms with Crippen LogP contribution in [0.4, 0.5) is 0 Å². The second-order valence-electron chi connectivity index (χ2n) is 3.56.